The second-order valence-electron chi connectivity index (χ2n) is 5.25. The van der Waals surface area contributed by atoms with Gasteiger partial charge in [-0.15, -0.1) is 12.4 Å². The van der Waals surface area contributed by atoms with E-state index in [1.54, 1.807) is 0 Å². The van der Waals surface area contributed by atoms with Crippen LogP contribution in [0.3, 0.4) is 0 Å². The Bertz CT molecular complexity index is 305. The first kappa shape index (κ1) is 19.4. The van der Waals surface area contributed by atoms with Gasteiger partial charge in [0.25, 0.3) is 0 Å². The number of rotatable bonds is 11. The van der Waals surface area contributed by atoms with Gasteiger partial charge in [0.05, 0.1) is 6.61 Å². The number of unbranched alkanes of at least 4 members (excludes halogenated alkanes) is 5. The molecule has 0 amide bonds. The van der Waals surface area contributed by atoms with Crippen molar-refractivity contribution in [3.05, 3.63) is 35.9 Å². The smallest absolute Gasteiger partial charge is 0.0558 e. The molecule has 0 saturated carbocycles. The Morgan fingerprint density at radius 1 is 0.900 bits per heavy atom. The first-order chi connectivity index (χ1) is 9.36. The minimum absolute atomic E-state index is 0. The lowest BCUT2D eigenvalue weighted by molar-refractivity contribution is 0.187. The molecule has 20 heavy (non-hydrogen) atoms. The number of aliphatic hydroxyl groups excluding tert-OH is 1. The lowest BCUT2D eigenvalue weighted by atomic mass is 10.1. The summed E-state index contributed by atoms with van der Waals surface area (Å²) in [5.41, 5.74) is 1.34. The van der Waals surface area contributed by atoms with Crippen LogP contribution < -0.4 is 0 Å². The van der Waals surface area contributed by atoms with E-state index in [1.807, 2.05) is 6.07 Å². The average Bonchev–Trinajstić information content (AvgIpc) is 2.44. The molecular weight excluding hydrogens is 270 g/mol. The molecule has 0 bridgehead atoms. The van der Waals surface area contributed by atoms with Gasteiger partial charge >= 0.3 is 0 Å². The molecule has 0 saturated heterocycles. The molecule has 0 heterocycles. The van der Waals surface area contributed by atoms with Gasteiger partial charge in [-0.1, -0.05) is 69.4 Å². The number of nitrogens with zero attached hydrogens (tertiary/aromatic N) is 1. The summed E-state index contributed by atoms with van der Waals surface area (Å²) in [5, 5.41) is 9.15. The van der Waals surface area contributed by atoms with E-state index in [1.165, 1.54) is 44.1 Å². The van der Waals surface area contributed by atoms with Crippen molar-refractivity contribution in [2.24, 2.45) is 0 Å². The van der Waals surface area contributed by atoms with E-state index in [9.17, 15) is 0 Å². The molecule has 3 heteroatoms. The molecule has 0 aliphatic rings. The minimum Gasteiger partial charge on any atom is -0.395 e. The van der Waals surface area contributed by atoms with Crippen LogP contribution in [0.15, 0.2) is 30.3 Å². The number of halogens is 1. The lowest BCUT2D eigenvalue weighted by Crippen LogP contribution is -2.27. The van der Waals surface area contributed by atoms with E-state index in [0.717, 1.165) is 19.6 Å². The maximum absolute atomic E-state index is 9.15. The first-order valence-electron chi connectivity index (χ1n) is 7.74. The third kappa shape index (κ3) is 9.35. The number of aliphatic hydroxyl groups is 1. The molecule has 0 radical (unpaired) electrons. The maximum Gasteiger partial charge on any atom is 0.0558 e. The Balaban J connectivity index is 0.00000361. The van der Waals surface area contributed by atoms with Crippen LogP contribution in [0.25, 0.3) is 0 Å². The zero-order valence-corrected chi connectivity index (χ0v) is 13.6. The molecule has 0 atom stereocenters. The predicted molar refractivity (Wildman–Crippen MR) is 89.4 cm³/mol. The fourth-order valence-electron chi connectivity index (χ4n) is 2.37. The van der Waals surface area contributed by atoms with Crippen LogP contribution in [-0.2, 0) is 6.54 Å². The number of hydrogen-bond acceptors (Lipinski definition) is 2. The van der Waals surface area contributed by atoms with Crippen molar-refractivity contribution in [1.29, 1.82) is 0 Å². The Labute approximate surface area is 130 Å². The van der Waals surface area contributed by atoms with Gasteiger partial charge in [0, 0.05) is 13.1 Å². The van der Waals surface area contributed by atoms with Crippen molar-refractivity contribution in [2.75, 3.05) is 19.7 Å². The Hall–Kier alpha value is -0.570. The summed E-state index contributed by atoms with van der Waals surface area (Å²) in [4.78, 5) is 2.36. The first-order valence-corrected chi connectivity index (χ1v) is 7.74. The normalized spacial score (nSPS) is 10.6. The van der Waals surface area contributed by atoms with Crippen molar-refractivity contribution in [1.82, 2.24) is 4.90 Å². The fourth-order valence-corrected chi connectivity index (χ4v) is 2.37. The van der Waals surface area contributed by atoms with E-state index in [-0.39, 0.29) is 19.0 Å². The zero-order chi connectivity index (χ0) is 13.8. The van der Waals surface area contributed by atoms with Crippen molar-refractivity contribution < 1.29 is 5.11 Å². The quantitative estimate of drug-likeness (QED) is 0.617. The highest BCUT2D eigenvalue weighted by molar-refractivity contribution is 5.85. The Kier molecular flexibility index (Phi) is 13.0. The highest BCUT2D eigenvalue weighted by atomic mass is 35.5. The van der Waals surface area contributed by atoms with E-state index in [2.05, 4.69) is 36.1 Å². The summed E-state index contributed by atoms with van der Waals surface area (Å²) in [6, 6.07) is 10.5. The van der Waals surface area contributed by atoms with Crippen molar-refractivity contribution in [2.45, 2.75) is 52.0 Å². The Morgan fingerprint density at radius 3 is 2.20 bits per heavy atom. The zero-order valence-electron chi connectivity index (χ0n) is 12.8. The van der Waals surface area contributed by atoms with Crippen molar-refractivity contribution in [3.63, 3.8) is 0 Å². The van der Waals surface area contributed by atoms with Gasteiger partial charge in [-0.2, -0.15) is 0 Å². The Morgan fingerprint density at radius 2 is 1.55 bits per heavy atom. The van der Waals surface area contributed by atoms with Gasteiger partial charge in [0.1, 0.15) is 0 Å². The van der Waals surface area contributed by atoms with Crippen LogP contribution in [0, 0.1) is 0 Å². The third-order valence-electron chi connectivity index (χ3n) is 3.49. The molecule has 1 N–H and O–H groups in total. The molecule has 0 aliphatic heterocycles. The van der Waals surface area contributed by atoms with E-state index >= 15 is 0 Å². The lowest BCUT2D eigenvalue weighted by Gasteiger charge is -2.21. The summed E-state index contributed by atoms with van der Waals surface area (Å²) in [6.45, 7) is 5.34. The van der Waals surface area contributed by atoms with Gasteiger partial charge in [-0.3, -0.25) is 4.90 Å². The molecule has 1 rings (SSSR count). The van der Waals surface area contributed by atoms with E-state index < -0.39 is 0 Å². The van der Waals surface area contributed by atoms with Crippen LogP contribution in [0.5, 0.6) is 0 Å². The van der Waals surface area contributed by atoms with Gasteiger partial charge in [-0.25, -0.2) is 0 Å². The standard InChI is InChI=1S/C17H29NO.ClH/c1-2-3-4-5-6-10-13-18(14-15-19)16-17-11-8-7-9-12-17;/h7-9,11-12,19H,2-6,10,13-16H2,1H3;1H. The molecule has 116 valence electrons. The minimum atomic E-state index is 0. The molecule has 0 spiro atoms. The molecule has 1 aromatic carbocycles. The summed E-state index contributed by atoms with van der Waals surface area (Å²) < 4.78 is 0. The average molecular weight is 300 g/mol. The SMILES string of the molecule is CCCCCCCCN(CCO)Cc1ccccc1.Cl. The highest BCUT2D eigenvalue weighted by Gasteiger charge is 2.04. The largest absolute Gasteiger partial charge is 0.395 e. The van der Waals surface area contributed by atoms with Crippen LogP contribution in [0.4, 0.5) is 0 Å². The maximum atomic E-state index is 9.15. The molecule has 1 aromatic rings. The second kappa shape index (κ2) is 13.4. The van der Waals surface area contributed by atoms with Crippen LogP contribution >= 0.6 is 12.4 Å². The van der Waals surface area contributed by atoms with Gasteiger partial charge in [-0.05, 0) is 18.5 Å². The van der Waals surface area contributed by atoms with Crippen LogP contribution in [0.1, 0.15) is 51.0 Å². The van der Waals surface area contributed by atoms with Gasteiger partial charge in [0.15, 0.2) is 0 Å². The van der Waals surface area contributed by atoms with Gasteiger partial charge < -0.3 is 5.11 Å². The van der Waals surface area contributed by atoms with E-state index in [4.69, 9.17) is 5.11 Å². The van der Waals surface area contributed by atoms with Crippen molar-refractivity contribution in [3.8, 4) is 0 Å². The molecule has 0 unspecified atom stereocenters. The monoisotopic (exact) mass is 299 g/mol. The summed E-state index contributed by atoms with van der Waals surface area (Å²) in [6.07, 6.45) is 7.96. The number of benzene rings is 1. The summed E-state index contributed by atoms with van der Waals surface area (Å²) in [7, 11) is 0. The molecule has 0 aromatic heterocycles. The topological polar surface area (TPSA) is 23.5 Å². The van der Waals surface area contributed by atoms with Crippen LogP contribution in [-0.4, -0.2) is 29.7 Å². The predicted octanol–water partition coefficient (Wildman–Crippen LogP) is 4.26. The third-order valence-corrected chi connectivity index (χ3v) is 3.49. The summed E-state index contributed by atoms with van der Waals surface area (Å²) >= 11 is 0. The molecule has 2 nitrogen and oxygen atoms in total. The highest BCUT2D eigenvalue weighted by Crippen LogP contribution is 2.08. The van der Waals surface area contributed by atoms with Crippen molar-refractivity contribution >= 4 is 12.4 Å². The molecular formula is C17H30ClNO. The van der Waals surface area contributed by atoms with E-state index in [0.29, 0.717) is 0 Å². The number of hydrogen-bond donors (Lipinski definition) is 1. The second-order valence-corrected chi connectivity index (χ2v) is 5.25. The fraction of sp³-hybridized carbons (Fsp3) is 0.647. The van der Waals surface area contributed by atoms with Crippen LogP contribution in [0.2, 0.25) is 0 Å². The van der Waals surface area contributed by atoms with Gasteiger partial charge in [0.2, 0.25) is 0 Å². The summed E-state index contributed by atoms with van der Waals surface area (Å²) in [5.74, 6) is 0. The molecule has 0 aliphatic carbocycles. The molecule has 0 fully saturated rings.